The summed E-state index contributed by atoms with van der Waals surface area (Å²) in [7, 11) is -0.569. The first-order chi connectivity index (χ1) is 13.8. The molecule has 0 aliphatic heterocycles. The zero-order valence-corrected chi connectivity index (χ0v) is 20.0. The molecular formula is C27H40OS. The van der Waals surface area contributed by atoms with Gasteiger partial charge in [-0.15, -0.1) is 5.18 Å². The van der Waals surface area contributed by atoms with E-state index in [2.05, 4.69) is 82.0 Å². The average molecular weight is 413 g/mol. The molecule has 0 aliphatic rings. The Labute approximate surface area is 181 Å². The molecule has 1 aromatic carbocycles. The number of thiol groups is 1. The Morgan fingerprint density at radius 3 is 2.00 bits per heavy atom. The van der Waals surface area contributed by atoms with Crippen molar-refractivity contribution >= 4 is 10.3 Å². The first-order valence-electron chi connectivity index (χ1n) is 10.7. The molecule has 0 heterocycles. The highest BCUT2D eigenvalue weighted by molar-refractivity contribution is 8.07. The van der Waals surface area contributed by atoms with Gasteiger partial charge in [0.2, 0.25) is 0 Å². The van der Waals surface area contributed by atoms with Gasteiger partial charge in [-0.3, -0.25) is 0 Å². The van der Waals surface area contributed by atoms with E-state index in [0.29, 0.717) is 5.75 Å². The summed E-state index contributed by atoms with van der Waals surface area (Å²) in [4.78, 5) is 1.25. The molecule has 1 unspecified atom stereocenters. The predicted molar refractivity (Wildman–Crippen MR) is 134 cm³/mol. The molecule has 2 heteroatoms. The van der Waals surface area contributed by atoms with E-state index in [1.165, 1.54) is 33.6 Å². The van der Waals surface area contributed by atoms with Crippen LogP contribution >= 0.6 is 10.3 Å². The van der Waals surface area contributed by atoms with Crippen LogP contribution in [0.3, 0.4) is 0 Å². The molecule has 160 valence electrons. The maximum Gasteiger partial charge on any atom is 0.0944 e. The average Bonchev–Trinajstić information content (AvgIpc) is 2.66. The van der Waals surface area contributed by atoms with Crippen molar-refractivity contribution in [3.05, 3.63) is 77.1 Å². The third kappa shape index (κ3) is 11.6. The van der Waals surface area contributed by atoms with Gasteiger partial charge < -0.3 is 5.11 Å². The molecule has 0 aromatic heterocycles. The number of aliphatic hydroxyl groups excluding tert-OH is 1. The van der Waals surface area contributed by atoms with Gasteiger partial charge in [0.25, 0.3) is 0 Å². The molecule has 0 saturated heterocycles. The van der Waals surface area contributed by atoms with Crippen molar-refractivity contribution in [2.45, 2.75) is 78.0 Å². The highest BCUT2D eigenvalue weighted by Crippen LogP contribution is 2.26. The van der Waals surface area contributed by atoms with Crippen LogP contribution in [0.2, 0.25) is 0 Å². The van der Waals surface area contributed by atoms with Gasteiger partial charge in [-0.25, -0.2) is 0 Å². The number of hydrogen-bond acceptors (Lipinski definition) is 1. The summed E-state index contributed by atoms with van der Waals surface area (Å²) in [6.45, 7) is 14.4. The fraction of sp³-hybridized carbons (Fsp3) is 0.444. The molecule has 0 bridgehead atoms. The highest BCUT2D eigenvalue weighted by Gasteiger charge is 1.99. The molecule has 0 saturated carbocycles. The van der Waals surface area contributed by atoms with Crippen molar-refractivity contribution in [1.29, 1.82) is 0 Å². The summed E-state index contributed by atoms with van der Waals surface area (Å²) in [5, 5.41) is 12.8. The summed E-state index contributed by atoms with van der Waals surface area (Å²) in [6.07, 6.45) is 13.9. The van der Waals surface area contributed by atoms with Crippen LogP contribution in [0.4, 0.5) is 0 Å². The summed E-state index contributed by atoms with van der Waals surface area (Å²) in [5.41, 5.74) is 5.75. The molecule has 0 spiro atoms. The van der Waals surface area contributed by atoms with Gasteiger partial charge >= 0.3 is 0 Å². The van der Waals surface area contributed by atoms with Crippen LogP contribution in [0.15, 0.2) is 76.4 Å². The van der Waals surface area contributed by atoms with E-state index in [0.717, 1.165) is 32.1 Å². The van der Waals surface area contributed by atoms with E-state index in [1.54, 1.807) is 0 Å². The lowest BCUT2D eigenvalue weighted by atomic mass is 10.0. The Morgan fingerprint density at radius 2 is 1.48 bits per heavy atom. The highest BCUT2D eigenvalue weighted by atomic mass is 32.2. The molecule has 1 aromatic rings. The van der Waals surface area contributed by atoms with E-state index in [1.807, 2.05) is 6.92 Å². The molecule has 1 atom stereocenters. The molecule has 1 N–H and O–H groups in total. The van der Waals surface area contributed by atoms with Crippen LogP contribution in [0, 0.1) is 5.18 Å². The third-order valence-electron chi connectivity index (χ3n) is 4.91. The van der Waals surface area contributed by atoms with Crippen molar-refractivity contribution in [2.75, 3.05) is 5.75 Å². The second-order valence-corrected chi connectivity index (χ2v) is 10.2. The number of rotatable bonds is 10. The van der Waals surface area contributed by atoms with Crippen molar-refractivity contribution in [1.82, 2.24) is 0 Å². The number of aryl methyl sites for hydroxylation is 1. The number of allylic oxidation sites excluding steroid dienone is 6. The van der Waals surface area contributed by atoms with Crippen LogP contribution in [-0.4, -0.2) is 10.9 Å². The number of benzene rings is 1. The minimum absolute atomic E-state index is 0.244. The number of aliphatic hydroxyl groups is 1. The zero-order chi connectivity index (χ0) is 21.6. The van der Waals surface area contributed by atoms with Gasteiger partial charge in [-0.05, 0) is 95.7 Å². The lowest BCUT2D eigenvalue weighted by Gasteiger charge is -2.08. The van der Waals surface area contributed by atoms with Gasteiger partial charge in [0.05, 0.1) is 5.76 Å². The minimum Gasteiger partial charge on any atom is -0.512 e. The second-order valence-electron chi connectivity index (χ2n) is 8.04. The molecule has 29 heavy (non-hydrogen) atoms. The SMILES string of the molecule is C=C(O)C[SH](#CC)c1ccc(CC/C=C(\C)CC/C=C(\C)CCC=C(C)C)cc1. The quantitative estimate of drug-likeness (QED) is 0.224. The third-order valence-corrected chi connectivity index (χ3v) is 7.05. The molecular weight excluding hydrogens is 372 g/mol. The second kappa shape index (κ2) is 14.1. The molecule has 0 radical (unpaired) electrons. The van der Waals surface area contributed by atoms with E-state index >= 15 is 0 Å². The maximum atomic E-state index is 9.46. The molecule has 1 nitrogen and oxygen atoms in total. The monoisotopic (exact) mass is 412 g/mol. The van der Waals surface area contributed by atoms with Crippen LogP contribution in [-0.2, 0) is 6.42 Å². The Morgan fingerprint density at radius 1 is 0.931 bits per heavy atom. The fourth-order valence-corrected chi connectivity index (χ4v) is 4.62. The molecule has 0 aliphatic carbocycles. The van der Waals surface area contributed by atoms with Crippen molar-refractivity contribution in [2.24, 2.45) is 0 Å². The fourth-order valence-electron chi connectivity index (χ4n) is 3.15. The lowest BCUT2D eigenvalue weighted by Crippen LogP contribution is -1.88. The van der Waals surface area contributed by atoms with Crippen molar-refractivity contribution < 1.29 is 5.11 Å². The smallest absolute Gasteiger partial charge is 0.0944 e. The molecule has 0 amide bonds. The summed E-state index contributed by atoms with van der Waals surface area (Å²) >= 11 is 0. The van der Waals surface area contributed by atoms with Gasteiger partial charge in [-0.1, -0.05) is 53.7 Å². The van der Waals surface area contributed by atoms with Gasteiger partial charge in [-0.2, -0.15) is 10.3 Å². The van der Waals surface area contributed by atoms with Crippen LogP contribution in [0.1, 0.15) is 72.3 Å². The van der Waals surface area contributed by atoms with Gasteiger partial charge in [0.1, 0.15) is 0 Å². The zero-order valence-electron chi connectivity index (χ0n) is 19.1. The standard InChI is InChI=1S/C27H40OS/c1-7-29(21-25(6)28)27-19-17-26(18-20-27)16-10-15-24(5)14-9-13-23(4)12-8-11-22(2)3/h11,13,15,17-20,28-29H,6,8-10,12,14,16,21H2,1-5H3/b23-13+,24-15+. The van der Waals surface area contributed by atoms with E-state index in [9.17, 15) is 5.11 Å². The summed E-state index contributed by atoms with van der Waals surface area (Å²) < 4.78 is 0. The lowest BCUT2D eigenvalue weighted by molar-refractivity contribution is 0.420. The largest absolute Gasteiger partial charge is 0.512 e. The van der Waals surface area contributed by atoms with Gasteiger partial charge in [0.15, 0.2) is 0 Å². The topological polar surface area (TPSA) is 20.2 Å². The summed E-state index contributed by atoms with van der Waals surface area (Å²) in [6, 6.07) is 8.79. The summed E-state index contributed by atoms with van der Waals surface area (Å²) in [5.74, 6) is 0.851. The van der Waals surface area contributed by atoms with Crippen LogP contribution in [0.5, 0.6) is 0 Å². The maximum absolute atomic E-state index is 9.46. The van der Waals surface area contributed by atoms with E-state index in [4.69, 9.17) is 0 Å². The van der Waals surface area contributed by atoms with Crippen molar-refractivity contribution in [3.8, 4) is 5.18 Å². The molecule has 0 fully saturated rings. The van der Waals surface area contributed by atoms with E-state index in [-0.39, 0.29) is 5.76 Å². The Balaban J connectivity index is 2.43. The normalized spacial score (nSPS) is 13.0. The number of hydrogen-bond donors (Lipinski definition) is 2. The first-order valence-corrected chi connectivity index (χ1v) is 12.2. The Hall–Kier alpha value is -1.89. The first kappa shape index (κ1) is 25.1. The van der Waals surface area contributed by atoms with Crippen LogP contribution in [0.25, 0.3) is 0 Å². The van der Waals surface area contributed by atoms with E-state index < -0.39 is 10.3 Å². The van der Waals surface area contributed by atoms with Crippen LogP contribution < -0.4 is 0 Å². The van der Waals surface area contributed by atoms with Gasteiger partial charge in [0, 0.05) is 5.75 Å². The van der Waals surface area contributed by atoms with Crippen molar-refractivity contribution in [3.63, 3.8) is 0 Å². The minimum atomic E-state index is -0.569. The Bertz CT molecular complexity index is 819. The molecule has 1 rings (SSSR count). The predicted octanol–water partition coefficient (Wildman–Crippen LogP) is 8.45. The Kier molecular flexibility index (Phi) is 12.3.